The zero-order valence-electron chi connectivity index (χ0n) is 8.60. The lowest BCUT2D eigenvalue weighted by molar-refractivity contribution is 0.111. The Morgan fingerprint density at radius 1 is 1.47 bits per heavy atom. The van der Waals surface area contributed by atoms with Gasteiger partial charge in [-0.25, -0.2) is 4.98 Å². The van der Waals surface area contributed by atoms with Gasteiger partial charge < -0.3 is 9.14 Å². The monoisotopic (exact) mass is 202 g/mol. The standard InChI is InChI=1S/C12H14N2O/c1-2-6-14-9-10(13-12(14)5-1)8-11-4-3-7-15-11/h1-2,5-6,9,11H,3-4,7-8H2. The highest BCUT2D eigenvalue weighted by molar-refractivity contribution is 5.39. The normalized spacial score (nSPS) is 21.2. The predicted molar refractivity (Wildman–Crippen MR) is 57.9 cm³/mol. The fourth-order valence-corrected chi connectivity index (χ4v) is 2.12. The third-order valence-electron chi connectivity index (χ3n) is 2.87. The zero-order chi connectivity index (χ0) is 10.1. The molecule has 0 N–H and O–H groups in total. The Morgan fingerprint density at radius 2 is 2.47 bits per heavy atom. The Morgan fingerprint density at radius 3 is 3.27 bits per heavy atom. The summed E-state index contributed by atoms with van der Waals surface area (Å²) in [5.41, 5.74) is 2.15. The third kappa shape index (κ3) is 1.75. The Balaban J connectivity index is 1.84. The van der Waals surface area contributed by atoms with E-state index in [1.165, 1.54) is 12.8 Å². The smallest absolute Gasteiger partial charge is 0.136 e. The summed E-state index contributed by atoms with van der Waals surface area (Å²) in [6, 6.07) is 6.06. The van der Waals surface area contributed by atoms with Crippen molar-refractivity contribution in [2.24, 2.45) is 0 Å². The quantitative estimate of drug-likeness (QED) is 0.745. The number of ether oxygens (including phenoxy) is 1. The van der Waals surface area contributed by atoms with Crippen molar-refractivity contribution in [2.45, 2.75) is 25.4 Å². The minimum Gasteiger partial charge on any atom is -0.378 e. The van der Waals surface area contributed by atoms with Gasteiger partial charge in [-0.2, -0.15) is 0 Å². The van der Waals surface area contributed by atoms with Crippen molar-refractivity contribution in [3.8, 4) is 0 Å². The van der Waals surface area contributed by atoms with E-state index in [1.807, 2.05) is 24.4 Å². The SMILES string of the molecule is c1ccn2cc(CC3CCCO3)nc2c1. The second-order valence-electron chi connectivity index (χ2n) is 4.04. The molecule has 1 aliphatic rings. The molecule has 1 fully saturated rings. The van der Waals surface area contributed by atoms with Crippen molar-refractivity contribution in [2.75, 3.05) is 6.61 Å². The van der Waals surface area contributed by atoms with Gasteiger partial charge in [-0.05, 0) is 25.0 Å². The minimum absolute atomic E-state index is 0.384. The van der Waals surface area contributed by atoms with Crippen LogP contribution in [0.5, 0.6) is 0 Å². The van der Waals surface area contributed by atoms with E-state index in [0.29, 0.717) is 6.10 Å². The fourth-order valence-electron chi connectivity index (χ4n) is 2.12. The molecule has 2 aromatic heterocycles. The number of aromatic nitrogens is 2. The van der Waals surface area contributed by atoms with Crippen LogP contribution in [0.3, 0.4) is 0 Å². The molecule has 3 rings (SSSR count). The molecule has 0 spiro atoms. The molecule has 78 valence electrons. The molecule has 0 amide bonds. The van der Waals surface area contributed by atoms with Crippen molar-refractivity contribution in [1.82, 2.24) is 9.38 Å². The zero-order valence-corrected chi connectivity index (χ0v) is 8.60. The van der Waals surface area contributed by atoms with Gasteiger partial charge in [0.05, 0.1) is 11.8 Å². The molecule has 1 saturated heterocycles. The molecule has 3 heterocycles. The maximum atomic E-state index is 5.60. The molecular formula is C12H14N2O. The van der Waals surface area contributed by atoms with Crippen LogP contribution in [0, 0.1) is 0 Å². The number of nitrogens with zero attached hydrogens (tertiary/aromatic N) is 2. The van der Waals surface area contributed by atoms with Gasteiger partial charge in [0.15, 0.2) is 0 Å². The number of fused-ring (bicyclic) bond motifs is 1. The van der Waals surface area contributed by atoms with Crippen LogP contribution in [0.1, 0.15) is 18.5 Å². The van der Waals surface area contributed by atoms with Gasteiger partial charge in [0, 0.05) is 25.4 Å². The lowest BCUT2D eigenvalue weighted by Gasteiger charge is -2.05. The maximum Gasteiger partial charge on any atom is 0.136 e. The molecule has 3 heteroatoms. The van der Waals surface area contributed by atoms with E-state index < -0.39 is 0 Å². The van der Waals surface area contributed by atoms with Crippen LogP contribution in [0.2, 0.25) is 0 Å². The van der Waals surface area contributed by atoms with E-state index in [-0.39, 0.29) is 0 Å². The molecule has 0 aliphatic carbocycles. The summed E-state index contributed by atoms with van der Waals surface area (Å²) in [4.78, 5) is 4.56. The highest BCUT2D eigenvalue weighted by Crippen LogP contribution is 2.17. The average molecular weight is 202 g/mol. The van der Waals surface area contributed by atoms with Gasteiger partial charge in [-0.15, -0.1) is 0 Å². The largest absolute Gasteiger partial charge is 0.378 e. The third-order valence-corrected chi connectivity index (χ3v) is 2.87. The van der Waals surface area contributed by atoms with E-state index in [2.05, 4.69) is 15.6 Å². The summed E-state index contributed by atoms with van der Waals surface area (Å²) < 4.78 is 7.66. The Bertz CT molecular complexity index is 424. The van der Waals surface area contributed by atoms with Crippen LogP contribution in [-0.4, -0.2) is 22.1 Å². The Kier molecular flexibility index (Phi) is 2.18. The topological polar surface area (TPSA) is 26.5 Å². The predicted octanol–water partition coefficient (Wildman–Crippen LogP) is 2.06. The van der Waals surface area contributed by atoms with Crippen molar-refractivity contribution >= 4 is 5.65 Å². The molecule has 0 radical (unpaired) electrons. The van der Waals surface area contributed by atoms with Gasteiger partial charge in [0.25, 0.3) is 0 Å². The second-order valence-corrected chi connectivity index (χ2v) is 4.04. The summed E-state index contributed by atoms with van der Waals surface area (Å²) in [5, 5.41) is 0. The van der Waals surface area contributed by atoms with Crippen LogP contribution in [0.25, 0.3) is 5.65 Å². The summed E-state index contributed by atoms with van der Waals surface area (Å²) in [5.74, 6) is 0. The van der Waals surface area contributed by atoms with Crippen LogP contribution in [0.15, 0.2) is 30.6 Å². The first-order chi connectivity index (χ1) is 7.42. The van der Waals surface area contributed by atoms with Crippen LogP contribution < -0.4 is 0 Å². The highest BCUT2D eigenvalue weighted by Gasteiger charge is 2.17. The summed E-state index contributed by atoms with van der Waals surface area (Å²) in [6.45, 7) is 0.915. The molecule has 0 saturated carbocycles. The van der Waals surface area contributed by atoms with Crippen molar-refractivity contribution in [3.05, 3.63) is 36.3 Å². The average Bonchev–Trinajstić information content (AvgIpc) is 2.86. The van der Waals surface area contributed by atoms with E-state index in [1.54, 1.807) is 0 Å². The van der Waals surface area contributed by atoms with E-state index >= 15 is 0 Å². The Hall–Kier alpha value is -1.35. The van der Waals surface area contributed by atoms with Gasteiger partial charge >= 0.3 is 0 Å². The van der Waals surface area contributed by atoms with Gasteiger partial charge in [0.1, 0.15) is 5.65 Å². The summed E-state index contributed by atoms with van der Waals surface area (Å²) in [6.07, 6.45) is 7.82. The number of hydrogen-bond donors (Lipinski definition) is 0. The molecular weight excluding hydrogens is 188 g/mol. The molecule has 1 aliphatic heterocycles. The molecule has 2 aromatic rings. The molecule has 0 bridgehead atoms. The molecule has 1 unspecified atom stereocenters. The lowest BCUT2D eigenvalue weighted by Crippen LogP contribution is -2.08. The van der Waals surface area contributed by atoms with Crippen LogP contribution in [-0.2, 0) is 11.2 Å². The first-order valence-electron chi connectivity index (χ1n) is 5.46. The number of rotatable bonds is 2. The number of imidazole rings is 1. The molecule has 3 nitrogen and oxygen atoms in total. The summed E-state index contributed by atoms with van der Waals surface area (Å²) in [7, 11) is 0. The van der Waals surface area contributed by atoms with Crippen molar-refractivity contribution < 1.29 is 4.74 Å². The number of hydrogen-bond acceptors (Lipinski definition) is 2. The van der Waals surface area contributed by atoms with Crippen molar-refractivity contribution in [1.29, 1.82) is 0 Å². The van der Waals surface area contributed by atoms with E-state index in [0.717, 1.165) is 24.4 Å². The fraction of sp³-hybridized carbons (Fsp3) is 0.417. The molecule has 1 atom stereocenters. The molecule has 0 aromatic carbocycles. The van der Waals surface area contributed by atoms with Crippen molar-refractivity contribution in [3.63, 3.8) is 0 Å². The van der Waals surface area contributed by atoms with Gasteiger partial charge in [-0.1, -0.05) is 6.07 Å². The van der Waals surface area contributed by atoms with Gasteiger partial charge in [0.2, 0.25) is 0 Å². The minimum atomic E-state index is 0.384. The van der Waals surface area contributed by atoms with E-state index in [9.17, 15) is 0 Å². The van der Waals surface area contributed by atoms with Gasteiger partial charge in [-0.3, -0.25) is 0 Å². The first-order valence-corrected chi connectivity index (χ1v) is 5.46. The second kappa shape index (κ2) is 3.66. The highest BCUT2D eigenvalue weighted by atomic mass is 16.5. The Labute approximate surface area is 88.7 Å². The first kappa shape index (κ1) is 8.92. The molecule has 15 heavy (non-hydrogen) atoms. The van der Waals surface area contributed by atoms with Crippen LogP contribution >= 0.6 is 0 Å². The summed E-state index contributed by atoms with van der Waals surface area (Å²) >= 11 is 0. The maximum absolute atomic E-state index is 5.60. The van der Waals surface area contributed by atoms with E-state index in [4.69, 9.17) is 4.74 Å². The lowest BCUT2D eigenvalue weighted by atomic mass is 10.1. The van der Waals surface area contributed by atoms with Crippen LogP contribution in [0.4, 0.5) is 0 Å². The number of pyridine rings is 1.